The zero-order chi connectivity index (χ0) is 14.0. The van der Waals surface area contributed by atoms with Gasteiger partial charge in [-0.05, 0) is 12.1 Å². The molecule has 0 saturated heterocycles. The quantitative estimate of drug-likeness (QED) is 0.908. The van der Waals surface area contributed by atoms with Crippen molar-refractivity contribution < 1.29 is 8.42 Å². The molecule has 0 aliphatic carbocycles. The molecule has 2 N–H and O–H groups in total. The summed E-state index contributed by atoms with van der Waals surface area (Å²) in [4.78, 5) is -0.180. The highest BCUT2D eigenvalue weighted by Crippen LogP contribution is 2.30. The number of nitriles is 1. The van der Waals surface area contributed by atoms with Crippen LogP contribution in [-0.4, -0.2) is 18.6 Å². The van der Waals surface area contributed by atoms with E-state index >= 15 is 0 Å². The lowest BCUT2D eigenvalue weighted by molar-refractivity contribution is 0.601. The fourth-order valence-electron chi connectivity index (χ4n) is 1.33. The van der Waals surface area contributed by atoms with Crippen LogP contribution in [0.5, 0.6) is 0 Å². The van der Waals surface area contributed by atoms with Gasteiger partial charge in [0.05, 0.1) is 16.2 Å². The molecule has 98 valence electrons. The van der Waals surface area contributed by atoms with Crippen molar-refractivity contribution in [3.05, 3.63) is 40.0 Å². The molecule has 0 fully saturated rings. The first-order valence-electron chi connectivity index (χ1n) is 4.86. The van der Waals surface area contributed by atoms with E-state index < -0.39 is 10.0 Å². The normalized spacial score (nSPS) is 11.0. The molecule has 0 bridgehead atoms. The van der Waals surface area contributed by atoms with Gasteiger partial charge >= 0.3 is 0 Å². The summed E-state index contributed by atoms with van der Waals surface area (Å²) in [5.74, 6) is -0.0291. The van der Waals surface area contributed by atoms with Crippen molar-refractivity contribution in [1.29, 1.82) is 5.26 Å². The van der Waals surface area contributed by atoms with Crippen molar-refractivity contribution in [2.24, 2.45) is 0 Å². The Labute approximate surface area is 119 Å². The van der Waals surface area contributed by atoms with E-state index in [1.807, 2.05) is 0 Å². The molecule has 1 heterocycles. The largest absolute Gasteiger partial charge is 0.264 e. The monoisotopic (exact) mass is 316 g/mol. The van der Waals surface area contributed by atoms with Crippen molar-refractivity contribution in [2.75, 3.05) is 4.72 Å². The molecule has 0 amide bonds. The minimum Gasteiger partial charge on any atom is -0.263 e. The summed E-state index contributed by atoms with van der Waals surface area (Å²) in [6, 6.07) is 6.03. The van der Waals surface area contributed by atoms with Crippen LogP contribution in [0.4, 0.5) is 5.82 Å². The number of benzene rings is 1. The number of halogens is 2. The number of H-pyrrole nitrogens is 1. The van der Waals surface area contributed by atoms with Crippen LogP contribution in [0.3, 0.4) is 0 Å². The molecule has 0 aliphatic rings. The molecule has 9 heteroatoms. The maximum Gasteiger partial charge on any atom is 0.264 e. The number of aromatic nitrogens is 2. The average Bonchev–Trinajstić information content (AvgIpc) is 2.78. The third-order valence-electron chi connectivity index (χ3n) is 2.20. The van der Waals surface area contributed by atoms with Gasteiger partial charge in [-0.1, -0.05) is 29.3 Å². The summed E-state index contributed by atoms with van der Waals surface area (Å²) >= 11 is 11.6. The second-order valence-corrected chi connectivity index (χ2v) is 5.86. The van der Waals surface area contributed by atoms with Gasteiger partial charge in [-0.2, -0.15) is 10.4 Å². The van der Waals surface area contributed by atoms with Crippen molar-refractivity contribution in [1.82, 2.24) is 10.2 Å². The smallest absolute Gasteiger partial charge is 0.263 e. The highest BCUT2D eigenvalue weighted by Gasteiger charge is 2.21. The highest BCUT2D eigenvalue weighted by atomic mass is 35.5. The minimum atomic E-state index is -3.96. The first-order valence-corrected chi connectivity index (χ1v) is 7.10. The summed E-state index contributed by atoms with van der Waals surface area (Å²) in [6.45, 7) is 0. The molecule has 0 atom stereocenters. The van der Waals surface area contributed by atoms with Gasteiger partial charge in [0.1, 0.15) is 16.5 Å². The maximum absolute atomic E-state index is 12.1. The molecule has 19 heavy (non-hydrogen) atoms. The zero-order valence-electron chi connectivity index (χ0n) is 9.18. The van der Waals surface area contributed by atoms with Crippen molar-refractivity contribution >= 4 is 39.0 Å². The van der Waals surface area contributed by atoms with Crippen LogP contribution in [0.2, 0.25) is 10.0 Å². The number of nitrogens with zero attached hydrogens (tertiary/aromatic N) is 2. The van der Waals surface area contributed by atoms with Gasteiger partial charge in [-0.15, -0.1) is 0 Å². The number of sulfonamides is 1. The summed E-state index contributed by atoms with van der Waals surface area (Å²) in [7, 11) is -3.96. The van der Waals surface area contributed by atoms with E-state index in [-0.39, 0.29) is 26.3 Å². The lowest BCUT2D eigenvalue weighted by Crippen LogP contribution is -2.14. The van der Waals surface area contributed by atoms with Crippen LogP contribution in [0, 0.1) is 11.3 Å². The van der Waals surface area contributed by atoms with Crippen LogP contribution < -0.4 is 4.72 Å². The molecular weight excluding hydrogens is 311 g/mol. The van der Waals surface area contributed by atoms with Crippen LogP contribution in [0.25, 0.3) is 0 Å². The Bertz CT molecular complexity index is 764. The Balaban J connectivity index is 2.45. The summed E-state index contributed by atoms with van der Waals surface area (Å²) in [5, 5.41) is 14.8. The standard InChI is InChI=1S/C10H6Cl2N4O2S/c11-7-2-1-3-8(9(7)12)19(17,18)16-10-6(4-13)5-14-15-10/h1-3,5H,(H2,14,15,16). The van der Waals surface area contributed by atoms with E-state index in [2.05, 4.69) is 14.9 Å². The van der Waals surface area contributed by atoms with E-state index in [9.17, 15) is 8.42 Å². The van der Waals surface area contributed by atoms with E-state index in [0.29, 0.717) is 0 Å². The number of anilines is 1. The summed E-state index contributed by atoms with van der Waals surface area (Å²) < 4.78 is 26.4. The number of rotatable bonds is 3. The number of aromatic amines is 1. The molecule has 6 nitrogen and oxygen atoms in total. The van der Waals surface area contributed by atoms with Gasteiger partial charge in [0.2, 0.25) is 0 Å². The Morgan fingerprint density at radius 2 is 2.11 bits per heavy atom. The molecule has 2 rings (SSSR count). The molecule has 2 aromatic rings. The van der Waals surface area contributed by atoms with Gasteiger partial charge in [-0.3, -0.25) is 9.82 Å². The molecule has 0 aliphatic heterocycles. The zero-order valence-corrected chi connectivity index (χ0v) is 11.5. The number of hydrogen-bond donors (Lipinski definition) is 2. The fourth-order valence-corrected chi connectivity index (χ4v) is 3.13. The van der Waals surface area contributed by atoms with Gasteiger partial charge in [0.25, 0.3) is 10.0 Å². The molecule has 0 saturated carbocycles. The second kappa shape index (κ2) is 5.09. The van der Waals surface area contributed by atoms with Crippen molar-refractivity contribution in [2.45, 2.75) is 4.90 Å². The third-order valence-corrected chi connectivity index (χ3v) is 4.52. The van der Waals surface area contributed by atoms with Crippen molar-refractivity contribution in [3.8, 4) is 6.07 Å². The SMILES string of the molecule is N#Cc1cn[nH]c1NS(=O)(=O)c1cccc(Cl)c1Cl. The van der Waals surface area contributed by atoms with Crippen LogP contribution >= 0.6 is 23.2 Å². The molecule has 0 spiro atoms. The van der Waals surface area contributed by atoms with Crippen molar-refractivity contribution in [3.63, 3.8) is 0 Å². The predicted molar refractivity (Wildman–Crippen MR) is 70.6 cm³/mol. The predicted octanol–water partition coefficient (Wildman–Crippen LogP) is 2.39. The topological polar surface area (TPSA) is 98.6 Å². The van der Waals surface area contributed by atoms with E-state index in [0.717, 1.165) is 0 Å². The Morgan fingerprint density at radius 1 is 1.37 bits per heavy atom. The first kappa shape index (κ1) is 13.7. The van der Waals surface area contributed by atoms with Gasteiger partial charge in [0.15, 0.2) is 5.82 Å². The molecule has 0 unspecified atom stereocenters. The van der Waals surface area contributed by atoms with Crippen LogP contribution in [-0.2, 0) is 10.0 Å². The van der Waals surface area contributed by atoms with E-state index in [1.165, 1.54) is 24.4 Å². The van der Waals surface area contributed by atoms with Gasteiger partial charge < -0.3 is 0 Å². The van der Waals surface area contributed by atoms with E-state index in [4.69, 9.17) is 28.5 Å². The first-order chi connectivity index (χ1) is 8.95. The average molecular weight is 317 g/mol. The second-order valence-electron chi connectivity index (χ2n) is 3.43. The lowest BCUT2D eigenvalue weighted by atomic mass is 10.4. The Kier molecular flexibility index (Phi) is 3.66. The third kappa shape index (κ3) is 2.66. The maximum atomic E-state index is 12.1. The molecule has 1 aromatic carbocycles. The summed E-state index contributed by atoms with van der Waals surface area (Å²) in [5.41, 5.74) is 0.0710. The number of hydrogen-bond acceptors (Lipinski definition) is 4. The van der Waals surface area contributed by atoms with Gasteiger partial charge in [0, 0.05) is 0 Å². The van der Waals surface area contributed by atoms with Gasteiger partial charge in [-0.25, -0.2) is 8.42 Å². The Hall–Kier alpha value is -1.75. The fraction of sp³-hybridized carbons (Fsp3) is 0. The Morgan fingerprint density at radius 3 is 2.79 bits per heavy atom. The van der Waals surface area contributed by atoms with E-state index in [1.54, 1.807) is 6.07 Å². The van der Waals surface area contributed by atoms with Crippen LogP contribution in [0.1, 0.15) is 5.56 Å². The lowest BCUT2D eigenvalue weighted by Gasteiger charge is -2.08. The summed E-state index contributed by atoms with van der Waals surface area (Å²) in [6.07, 6.45) is 1.21. The molecular formula is C10H6Cl2N4O2S. The number of nitrogens with one attached hydrogen (secondary N) is 2. The minimum absolute atomic E-state index is 0.0291. The highest BCUT2D eigenvalue weighted by molar-refractivity contribution is 7.92. The van der Waals surface area contributed by atoms with Crippen LogP contribution in [0.15, 0.2) is 29.3 Å². The molecule has 1 aromatic heterocycles. The molecule has 0 radical (unpaired) electrons.